The van der Waals surface area contributed by atoms with E-state index in [-0.39, 0.29) is 28.6 Å². The Balaban J connectivity index is 1.81. The molecule has 4 unspecified atom stereocenters. The molecule has 1 fully saturated rings. The van der Waals surface area contributed by atoms with Crippen LogP contribution in [-0.4, -0.2) is 57.8 Å². The van der Waals surface area contributed by atoms with Gasteiger partial charge in [-0.15, -0.1) is 0 Å². The molecule has 188 valence electrons. The van der Waals surface area contributed by atoms with Gasteiger partial charge in [0.25, 0.3) is 5.91 Å². The number of Topliss-reactive ketones (excluding diaryl/α,β-unsaturated/α-hetero) is 2. The zero-order chi connectivity index (χ0) is 25.8. The quantitative estimate of drug-likeness (QED) is 0.361. The fourth-order valence-corrected chi connectivity index (χ4v) is 6.27. The van der Waals surface area contributed by atoms with E-state index in [1.54, 1.807) is 19.0 Å². The third-order valence-corrected chi connectivity index (χ3v) is 7.77. The Kier molecular flexibility index (Phi) is 6.53. The summed E-state index contributed by atoms with van der Waals surface area (Å²) in [5, 5.41) is 32.7. The third-order valence-electron chi connectivity index (χ3n) is 7.77. The number of primary amides is 1. The van der Waals surface area contributed by atoms with Crippen LogP contribution in [0.15, 0.2) is 29.0 Å². The molecule has 5 N–H and O–H groups in total. The summed E-state index contributed by atoms with van der Waals surface area (Å²) in [5.41, 5.74) is 7.07. The summed E-state index contributed by atoms with van der Waals surface area (Å²) < 4.78 is 0. The summed E-state index contributed by atoms with van der Waals surface area (Å²) in [4.78, 5) is 40.6. The van der Waals surface area contributed by atoms with Crippen molar-refractivity contribution in [2.24, 2.45) is 29.4 Å². The maximum absolute atomic E-state index is 13.7. The van der Waals surface area contributed by atoms with E-state index in [0.29, 0.717) is 18.8 Å². The number of phenolic OH excluding ortho intramolecular Hbond substituents is 1. The van der Waals surface area contributed by atoms with Crippen LogP contribution in [0.4, 0.5) is 0 Å². The first-order chi connectivity index (χ1) is 16.5. The third kappa shape index (κ3) is 4.03. The van der Waals surface area contributed by atoms with Crippen molar-refractivity contribution in [3.05, 3.63) is 45.7 Å². The summed E-state index contributed by atoms with van der Waals surface area (Å²) >= 11 is 0. The smallest absolute Gasteiger partial charge is 0.255 e. The average Bonchev–Trinajstić information content (AvgIpc) is 2.74. The maximum Gasteiger partial charge on any atom is 0.255 e. The highest BCUT2D eigenvalue weighted by molar-refractivity contribution is 6.28. The molecule has 4 atom stereocenters. The van der Waals surface area contributed by atoms with Crippen LogP contribution in [0.3, 0.4) is 0 Å². The normalized spacial score (nSPS) is 26.2. The van der Waals surface area contributed by atoms with Crippen molar-refractivity contribution in [1.82, 2.24) is 4.90 Å². The van der Waals surface area contributed by atoms with E-state index in [1.165, 1.54) is 6.07 Å². The number of aliphatic hydroxyl groups excluding tert-OH is 2. The minimum absolute atomic E-state index is 0.109. The predicted octanol–water partition coefficient (Wildman–Crippen LogP) is 2.83. The number of carbonyl (C=O) groups excluding carboxylic acids is 3. The number of aromatic hydroxyl groups is 1. The molecule has 0 spiro atoms. The molecule has 0 aliphatic heterocycles. The molecule has 1 saturated carbocycles. The van der Waals surface area contributed by atoms with Gasteiger partial charge in [0.2, 0.25) is 0 Å². The lowest BCUT2D eigenvalue weighted by Crippen LogP contribution is -2.55. The van der Waals surface area contributed by atoms with Crippen LogP contribution in [-0.2, 0) is 27.2 Å². The molecular weight excluding hydrogens is 448 g/mol. The van der Waals surface area contributed by atoms with Crippen LogP contribution in [0.2, 0.25) is 0 Å². The first kappa shape index (κ1) is 25.0. The van der Waals surface area contributed by atoms with Crippen LogP contribution in [0, 0.1) is 23.7 Å². The van der Waals surface area contributed by atoms with E-state index in [9.17, 15) is 29.7 Å². The SMILES string of the molecule is CC(C)CCCc1ccc(O)c2c1CC1CC3C(C(=O)C(C(N)=O)=C(O)C3N(C)C)C(=O)C1=C2O. The topological polar surface area (TPSA) is 141 Å². The molecule has 1 aromatic rings. The molecule has 0 radical (unpaired) electrons. The van der Waals surface area contributed by atoms with Crippen molar-refractivity contribution in [1.29, 1.82) is 0 Å². The van der Waals surface area contributed by atoms with E-state index in [4.69, 9.17) is 5.73 Å². The Bertz CT molecular complexity index is 1160. The number of allylic oxidation sites excluding steroid dienone is 1. The largest absolute Gasteiger partial charge is 0.510 e. The molecule has 4 rings (SSSR count). The van der Waals surface area contributed by atoms with Gasteiger partial charge in [-0.25, -0.2) is 0 Å². The second-order valence-corrected chi connectivity index (χ2v) is 10.7. The predicted molar refractivity (Wildman–Crippen MR) is 131 cm³/mol. The number of benzene rings is 1. The van der Waals surface area contributed by atoms with E-state index >= 15 is 0 Å². The van der Waals surface area contributed by atoms with Gasteiger partial charge in [0, 0.05) is 5.57 Å². The summed E-state index contributed by atoms with van der Waals surface area (Å²) in [7, 11) is 3.42. The van der Waals surface area contributed by atoms with Crippen molar-refractivity contribution in [2.45, 2.75) is 52.0 Å². The first-order valence-corrected chi connectivity index (χ1v) is 12.2. The van der Waals surface area contributed by atoms with E-state index in [0.717, 1.165) is 30.4 Å². The summed E-state index contributed by atoms with van der Waals surface area (Å²) in [5.74, 6) is -4.87. The van der Waals surface area contributed by atoms with Gasteiger partial charge < -0.3 is 21.1 Å². The Hall–Kier alpha value is -3.13. The van der Waals surface area contributed by atoms with Crippen molar-refractivity contribution >= 4 is 23.2 Å². The second kappa shape index (κ2) is 9.15. The number of fused-ring (bicyclic) bond motifs is 3. The number of likely N-dealkylation sites (N-methyl/N-ethyl adjacent to an activating group) is 1. The highest BCUT2D eigenvalue weighted by atomic mass is 16.3. The molecule has 3 aliphatic carbocycles. The van der Waals surface area contributed by atoms with E-state index in [1.807, 2.05) is 6.07 Å². The second-order valence-electron chi connectivity index (χ2n) is 10.7. The Morgan fingerprint density at radius 1 is 1.14 bits per heavy atom. The van der Waals surface area contributed by atoms with Crippen molar-refractivity contribution in [2.75, 3.05) is 14.1 Å². The molecule has 0 heterocycles. The number of phenols is 1. The van der Waals surface area contributed by atoms with E-state index in [2.05, 4.69) is 13.8 Å². The highest BCUT2D eigenvalue weighted by Gasteiger charge is 2.55. The molecule has 0 saturated heterocycles. The van der Waals surface area contributed by atoms with Gasteiger partial charge in [-0.05, 0) is 74.7 Å². The van der Waals surface area contributed by atoms with Gasteiger partial charge in [0.15, 0.2) is 11.6 Å². The maximum atomic E-state index is 13.7. The zero-order valence-corrected chi connectivity index (χ0v) is 20.7. The first-order valence-electron chi connectivity index (χ1n) is 12.2. The summed E-state index contributed by atoms with van der Waals surface area (Å²) in [6, 6.07) is 2.68. The number of rotatable bonds is 6. The van der Waals surface area contributed by atoms with Crippen LogP contribution in [0.1, 0.15) is 49.8 Å². The van der Waals surface area contributed by atoms with Gasteiger partial charge >= 0.3 is 0 Å². The van der Waals surface area contributed by atoms with Crippen molar-refractivity contribution in [3.8, 4) is 5.75 Å². The molecule has 35 heavy (non-hydrogen) atoms. The molecule has 1 amide bonds. The molecule has 0 bridgehead atoms. The average molecular weight is 483 g/mol. The lowest BCUT2D eigenvalue weighted by Gasteiger charge is -2.46. The molecule has 8 heteroatoms. The number of aliphatic hydroxyl groups is 2. The summed E-state index contributed by atoms with van der Waals surface area (Å²) in [6.07, 6.45) is 3.61. The molecule has 3 aliphatic rings. The van der Waals surface area contributed by atoms with Crippen LogP contribution in [0.5, 0.6) is 5.75 Å². The standard InChI is InChI=1S/C27H34N2O6/c1-12(2)6-5-7-13-8-9-17(30)19-15(13)10-14-11-16-20(24(32)18(14)23(19)31)25(33)21(27(28)35)26(34)22(16)29(3)4/h8-9,12,14,16,20,22,30-31,34H,5-7,10-11H2,1-4H3,(H2,28,35). The Labute approximate surface area is 205 Å². The van der Waals surface area contributed by atoms with Gasteiger partial charge in [0.1, 0.15) is 22.8 Å². The number of nitrogens with two attached hydrogens (primary N) is 1. The monoisotopic (exact) mass is 482 g/mol. The fraction of sp³-hybridized carbons (Fsp3) is 0.519. The van der Waals surface area contributed by atoms with E-state index < -0.39 is 46.7 Å². The molecule has 0 aromatic heterocycles. The lowest BCUT2D eigenvalue weighted by molar-refractivity contribution is -0.136. The number of aryl methyl sites for hydroxylation is 1. The summed E-state index contributed by atoms with van der Waals surface area (Å²) in [6.45, 7) is 4.33. The van der Waals surface area contributed by atoms with Crippen molar-refractivity contribution < 1.29 is 29.7 Å². The Morgan fingerprint density at radius 3 is 2.43 bits per heavy atom. The minimum atomic E-state index is -1.23. The van der Waals surface area contributed by atoms with Crippen LogP contribution in [0.25, 0.3) is 5.76 Å². The minimum Gasteiger partial charge on any atom is -0.510 e. The van der Waals surface area contributed by atoms with Gasteiger partial charge in [-0.1, -0.05) is 26.3 Å². The lowest BCUT2D eigenvalue weighted by atomic mass is 9.59. The van der Waals surface area contributed by atoms with Crippen LogP contribution >= 0.6 is 0 Å². The number of nitrogens with zero attached hydrogens (tertiary/aromatic N) is 1. The number of hydrogen-bond acceptors (Lipinski definition) is 7. The Morgan fingerprint density at radius 2 is 1.83 bits per heavy atom. The molecule has 8 nitrogen and oxygen atoms in total. The van der Waals surface area contributed by atoms with Crippen molar-refractivity contribution in [3.63, 3.8) is 0 Å². The van der Waals surface area contributed by atoms with Gasteiger partial charge in [0.05, 0.1) is 17.5 Å². The number of hydrogen-bond donors (Lipinski definition) is 4. The highest BCUT2D eigenvalue weighted by Crippen LogP contribution is 2.50. The molecule has 1 aromatic carbocycles. The molecular formula is C27H34N2O6. The zero-order valence-electron chi connectivity index (χ0n) is 20.7. The number of amides is 1. The number of ketones is 2. The number of carbonyl (C=O) groups is 3. The van der Waals surface area contributed by atoms with Gasteiger partial charge in [-0.3, -0.25) is 19.3 Å². The van der Waals surface area contributed by atoms with Gasteiger partial charge in [-0.2, -0.15) is 0 Å². The fourth-order valence-electron chi connectivity index (χ4n) is 6.27. The van der Waals surface area contributed by atoms with Crippen LogP contribution < -0.4 is 5.73 Å².